The summed E-state index contributed by atoms with van der Waals surface area (Å²) >= 11 is 8.72. The van der Waals surface area contributed by atoms with Crippen LogP contribution in [0.25, 0.3) is 6.08 Å². The molecule has 5 rings (SSSR count). The number of ether oxygens (including phenoxy) is 2. The van der Waals surface area contributed by atoms with Gasteiger partial charge in [0, 0.05) is 10.5 Å². The van der Waals surface area contributed by atoms with Gasteiger partial charge in [0.2, 0.25) is 0 Å². The van der Waals surface area contributed by atoms with Crippen LogP contribution in [0, 0.1) is 0 Å². The molecule has 39 heavy (non-hydrogen) atoms. The molecule has 3 aliphatic rings. The molecule has 0 atom stereocenters. The maximum absolute atomic E-state index is 13.8. The predicted octanol–water partition coefficient (Wildman–Crippen LogP) is 9.13. The highest BCUT2D eigenvalue weighted by Gasteiger charge is 2.39. The van der Waals surface area contributed by atoms with E-state index in [2.05, 4.69) is 31.9 Å². The lowest BCUT2D eigenvalue weighted by Crippen LogP contribution is -2.41. The Hall–Kier alpha value is -1.77. The molecule has 208 valence electrons. The molecule has 1 heterocycles. The minimum Gasteiger partial charge on any atom is -0.490 e. The summed E-state index contributed by atoms with van der Waals surface area (Å²) in [5.74, 6) is 1.41. The van der Waals surface area contributed by atoms with Crippen molar-refractivity contribution in [2.45, 2.75) is 89.8 Å². The molecule has 2 saturated carbocycles. The SMILES string of the molecule is CCOc1cc(C=C2SC(=NC3CCCCC3)N(C3CCCCC3)C2=O)cc(Br)c1OCc1ccc(Br)cc1. The van der Waals surface area contributed by atoms with Gasteiger partial charge in [0.25, 0.3) is 5.91 Å². The maximum atomic E-state index is 13.8. The monoisotopic (exact) mass is 674 g/mol. The van der Waals surface area contributed by atoms with E-state index >= 15 is 0 Å². The standard InChI is InChI=1S/C31H36Br2N2O3S/c1-2-37-27-18-22(17-26(33)29(27)38-20-21-13-15-23(32)16-14-21)19-28-30(36)35(25-11-7-4-8-12-25)31(39-28)34-24-9-5-3-6-10-24/h13-19,24-25H,2-12,20H2,1H3. The summed E-state index contributed by atoms with van der Waals surface area (Å²) < 4.78 is 14.0. The number of hydrogen-bond acceptors (Lipinski definition) is 5. The van der Waals surface area contributed by atoms with Crippen molar-refractivity contribution >= 4 is 60.8 Å². The van der Waals surface area contributed by atoms with E-state index in [-0.39, 0.29) is 11.9 Å². The van der Waals surface area contributed by atoms with Gasteiger partial charge in [-0.2, -0.15) is 0 Å². The number of carbonyl (C=O) groups excluding carboxylic acids is 1. The molecule has 0 bridgehead atoms. The van der Waals surface area contributed by atoms with E-state index in [1.54, 1.807) is 11.8 Å². The summed E-state index contributed by atoms with van der Waals surface area (Å²) in [6, 6.07) is 12.6. The van der Waals surface area contributed by atoms with Crippen molar-refractivity contribution in [3.8, 4) is 11.5 Å². The zero-order valence-electron chi connectivity index (χ0n) is 22.5. The lowest BCUT2D eigenvalue weighted by molar-refractivity contribution is -0.124. The zero-order valence-corrected chi connectivity index (χ0v) is 26.5. The van der Waals surface area contributed by atoms with E-state index in [0.717, 1.165) is 55.8 Å². The molecule has 2 aromatic rings. The van der Waals surface area contributed by atoms with Gasteiger partial charge in [-0.25, -0.2) is 0 Å². The number of halogens is 2. The molecule has 3 fully saturated rings. The Kier molecular flexibility index (Phi) is 10.1. The minimum atomic E-state index is 0.0890. The first-order chi connectivity index (χ1) is 19.0. The fourth-order valence-electron chi connectivity index (χ4n) is 5.57. The Bertz CT molecular complexity index is 1220. The molecule has 0 aromatic heterocycles. The highest BCUT2D eigenvalue weighted by atomic mass is 79.9. The Labute approximate surface area is 253 Å². The predicted molar refractivity (Wildman–Crippen MR) is 167 cm³/mol. The van der Waals surface area contributed by atoms with Crippen LogP contribution in [-0.4, -0.2) is 34.7 Å². The van der Waals surface area contributed by atoms with Crippen LogP contribution in [0.15, 0.2) is 55.2 Å². The molecule has 8 heteroatoms. The van der Waals surface area contributed by atoms with E-state index in [1.165, 1.54) is 38.5 Å². The Balaban J connectivity index is 1.41. The van der Waals surface area contributed by atoms with Gasteiger partial charge in [0.1, 0.15) is 6.61 Å². The van der Waals surface area contributed by atoms with Gasteiger partial charge in [0.05, 0.1) is 22.0 Å². The van der Waals surface area contributed by atoms with Crippen LogP contribution in [0.2, 0.25) is 0 Å². The first-order valence-electron chi connectivity index (χ1n) is 14.2. The lowest BCUT2D eigenvalue weighted by atomic mass is 9.94. The quantitative estimate of drug-likeness (QED) is 0.262. The number of hydrogen-bond donors (Lipinski definition) is 0. The number of benzene rings is 2. The molecular weight excluding hydrogens is 640 g/mol. The molecule has 0 unspecified atom stereocenters. The second-order valence-corrected chi connectivity index (χ2v) is 13.2. The third-order valence-corrected chi connectivity index (χ3v) is 9.69. The van der Waals surface area contributed by atoms with E-state index in [1.807, 2.05) is 54.3 Å². The lowest BCUT2D eigenvalue weighted by Gasteiger charge is -2.31. The second-order valence-electron chi connectivity index (χ2n) is 10.5. The number of rotatable bonds is 8. The topological polar surface area (TPSA) is 51.1 Å². The second kappa shape index (κ2) is 13.7. The number of amidine groups is 1. The largest absolute Gasteiger partial charge is 0.490 e. The number of aliphatic imine (C=N–C) groups is 1. The van der Waals surface area contributed by atoms with Crippen LogP contribution in [0.5, 0.6) is 11.5 Å². The molecule has 2 aliphatic carbocycles. The van der Waals surface area contributed by atoms with Gasteiger partial charge in [0.15, 0.2) is 16.7 Å². The molecule has 2 aromatic carbocycles. The van der Waals surface area contributed by atoms with Crippen molar-refractivity contribution < 1.29 is 14.3 Å². The third-order valence-electron chi connectivity index (χ3n) is 7.57. The molecular formula is C31H36Br2N2O3S. The summed E-state index contributed by atoms with van der Waals surface area (Å²) in [6.07, 6.45) is 13.7. The molecule has 0 radical (unpaired) electrons. The van der Waals surface area contributed by atoms with E-state index < -0.39 is 0 Å². The molecule has 1 amide bonds. The Morgan fingerprint density at radius 3 is 2.36 bits per heavy atom. The highest BCUT2D eigenvalue weighted by molar-refractivity contribution is 9.10. The first kappa shape index (κ1) is 28.7. The van der Waals surface area contributed by atoms with Crippen molar-refractivity contribution in [3.63, 3.8) is 0 Å². The summed E-state index contributed by atoms with van der Waals surface area (Å²) in [5, 5.41) is 0.906. The molecule has 0 spiro atoms. The van der Waals surface area contributed by atoms with Crippen molar-refractivity contribution in [1.29, 1.82) is 0 Å². The number of nitrogens with zero attached hydrogens (tertiary/aromatic N) is 2. The summed E-state index contributed by atoms with van der Waals surface area (Å²) in [6.45, 7) is 2.91. The van der Waals surface area contributed by atoms with Gasteiger partial charge in [-0.05, 0) is 102 Å². The Morgan fingerprint density at radius 2 is 1.67 bits per heavy atom. The molecule has 1 aliphatic heterocycles. The van der Waals surface area contributed by atoms with Crippen molar-refractivity contribution in [2.75, 3.05) is 6.61 Å². The average molecular weight is 677 g/mol. The fourth-order valence-corrected chi connectivity index (χ4v) is 7.51. The van der Waals surface area contributed by atoms with Gasteiger partial charge in [-0.3, -0.25) is 14.7 Å². The van der Waals surface area contributed by atoms with E-state index in [0.29, 0.717) is 30.8 Å². The van der Waals surface area contributed by atoms with Crippen molar-refractivity contribution in [1.82, 2.24) is 4.90 Å². The number of thioether (sulfide) groups is 1. The Morgan fingerprint density at radius 1 is 0.974 bits per heavy atom. The van der Waals surface area contributed by atoms with Crippen LogP contribution < -0.4 is 9.47 Å². The first-order valence-corrected chi connectivity index (χ1v) is 16.6. The van der Waals surface area contributed by atoms with Gasteiger partial charge < -0.3 is 9.47 Å². The van der Waals surface area contributed by atoms with E-state index in [4.69, 9.17) is 14.5 Å². The van der Waals surface area contributed by atoms with Gasteiger partial charge in [-0.1, -0.05) is 66.6 Å². The fraction of sp³-hybridized carbons (Fsp3) is 0.484. The van der Waals surface area contributed by atoms with Gasteiger partial charge in [-0.15, -0.1) is 0 Å². The van der Waals surface area contributed by atoms with Crippen LogP contribution in [0.4, 0.5) is 0 Å². The average Bonchev–Trinajstić information content (AvgIpc) is 3.24. The zero-order chi connectivity index (χ0) is 27.2. The normalized spacial score (nSPS) is 21.2. The van der Waals surface area contributed by atoms with Gasteiger partial charge >= 0.3 is 0 Å². The van der Waals surface area contributed by atoms with Crippen LogP contribution in [0.3, 0.4) is 0 Å². The number of carbonyl (C=O) groups is 1. The van der Waals surface area contributed by atoms with Crippen LogP contribution in [0.1, 0.15) is 82.3 Å². The third kappa shape index (κ3) is 7.31. The summed E-state index contributed by atoms with van der Waals surface area (Å²) in [5.41, 5.74) is 1.97. The molecule has 0 N–H and O–H groups in total. The molecule has 5 nitrogen and oxygen atoms in total. The summed E-state index contributed by atoms with van der Waals surface area (Å²) in [7, 11) is 0. The maximum Gasteiger partial charge on any atom is 0.266 e. The van der Waals surface area contributed by atoms with Crippen LogP contribution >= 0.6 is 43.6 Å². The summed E-state index contributed by atoms with van der Waals surface area (Å²) in [4.78, 5) is 21.7. The van der Waals surface area contributed by atoms with Crippen molar-refractivity contribution in [2.24, 2.45) is 4.99 Å². The smallest absolute Gasteiger partial charge is 0.266 e. The highest BCUT2D eigenvalue weighted by Crippen LogP contribution is 2.41. The van der Waals surface area contributed by atoms with E-state index in [9.17, 15) is 4.79 Å². The van der Waals surface area contributed by atoms with Crippen molar-refractivity contribution in [3.05, 3.63) is 61.4 Å². The number of amides is 1. The molecule has 1 saturated heterocycles. The minimum absolute atomic E-state index is 0.0890. The van der Waals surface area contributed by atoms with Crippen LogP contribution in [-0.2, 0) is 11.4 Å².